The molecule has 8 heteroatoms. The Morgan fingerprint density at radius 2 is 2.32 bits per heavy atom. The minimum atomic E-state index is -0.234. The SMILES string of the molecule is CNc1nc(NC2CCN(C)C2=O)c2cn[nH]c2n1. The molecule has 3 heterocycles. The fourth-order valence-corrected chi connectivity index (χ4v) is 2.18. The van der Waals surface area contributed by atoms with Gasteiger partial charge in [-0.15, -0.1) is 0 Å². The number of anilines is 2. The summed E-state index contributed by atoms with van der Waals surface area (Å²) in [5.74, 6) is 1.19. The van der Waals surface area contributed by atoms with Crippen molar-refractivity contribution in [1.82, 2.24) is 25.1 Å². The second-order valence-electron chi connectivity index (χ2n) is 4.52. The number of hydrogen-bond acceptors (Lipinski definition) is 6. The molecule has 0 bridgehead atoms. The number of rotatable bonds is 3. The van der Waals surface area contributed by atoms with Crippen molar-refractivity contribution in [2.24, 2.45) is 0 Å². The highest BCUT2D eigenvalue weighted by Crippen LogP contribution is 2.22. The molecular weight excluding hydrogens is 246 g/mol. The Morgan fingerprint density at radius 3 is 3.00 bits per heavy atom. The molecule has 1 aliphatic heterocycles. The summed E-state index contributed by atoms with van der Waals surface area (Å²) in [6, 6.07) is -0.234. The molecule has 1 saturated heterocycles. The zero-order chi connectivity index (χ0) is 13.4. The minimum Gasteiger partial charge on any atom is -0.358 e. The van der Waals surface area contributed by atoms with Gasteiger partial charge < -0.3 is 15.5 Å². The van der Waals surface area contributed by atoms with Crippen molar-refractivity contribution >= 4 is 28.7 Å². The first-order chi connectivity index (χ1) is 9.19. The van der Waals surface area contributed by atoms with Crippen molar-refractivity contribution in [2.75, 3.05) is 31.3 Å². The van der Waals surface area contributed by atoms with E-state index in [9.17, 15) is 4.79 Å². The predicted molar refractivity (Wildman–Crippen MR) is 70.9 cm³/mol. The van der Waals surface area contributed by atoms with E-state index >= 15 is 0 Å². The van der Waals surface area contributed by atoms with Gasteiger partial charge in [0, 0.05) is 20.6 Å². The Morgan fingerprint density at radius 1 is 1.47 bits per heavy atom. The second-order valence-corrected chi connectivity index (χ2v) is 4.52. The first-order valence-electron chi connectivity index (χ1n) is 6.09. The number of likely N-dealkylation sites (tertiary alicyclic amines) is 1. The molecule has 3 N–H and O–H groups in total. The fourth-order valence-electron chi connectivity index (χ4n) is 2.18. The molecule has 19 heavy (non-hydrogen) atoms. The summed E-state index contributed by atoms with van der Waals surface area (Å²) in [5.41, 5.74) is 0.639. The number of hydrogen-bond donors (Lipinski definition) is 3. The number of H-pyrrole nitrogens is 1. The molecule has 3 rings (SSSR count). The van der Waals surface area contributed by atoms with Crippen LogP contribution < -0.4 is 10.6 Å². The third-order valence-corrected chi connectivity index (χ3v) is 3.27. The summed E-state index contributed by atoms with van der Waals surface area (Å²) in [7, 11) is 3.55. The maximum absolute atomic E-state index is 11.9. The Labute approximate surface area is 109 Å². The number of nitrogens with zero attached hydrogens (tertiary/aromatic N) is 4. The largest absolute Gasteiger partial charge is 0.358 e. The number of aromatic amines is 1. The zero-order valence-electron chi connectivity index (χ0n) is 10.8. The first-order valence-corrected chi connectivity index (χ1v) is 6.09. The van der Waals surface area contributed by atoms with E-state index in [1.54, 1.807) is 25.2 Å². The van der Waals surface area contributed by atoms with Crippen molar-refractivity contribution in [2.45, 2.75) is 12.5 Å². The average molecular weight is 261 g/mol. The van der Waals surface area contributed by atoms with E-state index in [1.807, 2.05) is 0 Å². The monoisotopic (exact) mass is 261 g/mol. The molecular formula is C11H15N7O. The Hall–Kier alpha value is -2.38. The number of amides is 1. The Bertz CT molecular complexity index is 623. The topological polar surface area (TPSA) is 98.8 Å². The van der Waals surface area contributed by atoms with Crippen LogP contribution in [0.3, 0.4) is 0 Å². The fraction of sp³-hybridized carbons (Fsp3) is 0.455. The molecule has 0 radical (unpaired) electrons. The summed E-state index contributed by atoms with van der Waals surface area (Å²) in [4.78, 5) is 22.2. The van der Waals surface area contributed by atoms with Gasteiger partial charge in [-0.05, 0) is 6.42 Å². The predicted octanol–water partition coefficient (Wildman–Crippen LogP) is 0.0372. The normalized spacial score (nSPS) is 19.2. The first kappa shape index (κ1) is 11.7. The number of fused-ring (bicyclic) bond motifs is 1. The lowest BCUT2D eigenvalue weighted by atomic mass is 10.2. The van der Waals surface area contributed by atoms with Crippen LogP contribution in [0.5, 0.6) is 0 Å². The zero-order valence-corrected chi connectivity index (χ0v) is 10.8. The van der Waals surface area contributed by atoms with E-state index < -0.39 is 0 Å². The lowest BCUT2D eigenvalue weighted by Gasteiger charge is -2.13. The number of carbonyl (C=O) groups excluding carboxylic acids is 1. The van der Waals surface area contributed by atoms with Gasteiger partial charge in [-0.3, -0.25) is 9.89 Å². The van der Waals surface area contributed by atoms with Gasteiger partial charge in [-0.2, -0.15) is 15.1 Å². The van der Waals surface area contributed by atoms with Crippen LogP contribution in [0.4, 0.5) is 11.8 Å². The van der Waals surface area contributed by atoms with Gasteiger partial charge in [-0.1, -0.05) is 0 Å². The Kier molecular flexibility index (Phi) is 2.69. The molecule has 1 aliphatic rings. The minimum absolute atomic E-state index is 0.0845. The number of likely N-dealkylation sites (N-methyl/N-ethyl adjacent to an activating group) is 1. The molecule has 1 amide bonds. The van der Waals surface area contributed by atoms with E-state index in [2.05, 4.69) is 30.8 Å². The molecule has 1 unspecified atom stereocenters. The summed E-state index contributed by atoms with van der Waals surface area (Å²) in [6.07, 6.45) is 2.42. The summed E-state index contributed by atoms with van der Waals surface area (Å²) in [6.45, 7) is 0.759. The van der Waals surface area contributed by atoms with Crippen LogP contribution in [0.2, 0.25) is 0 Å². The van der Waals surface area contributed by atoms with Crippen molar-refractivity contribution in [1.29, 1.82) is 0 Å². The van der Waals surface area contributed by atoms with E-state index in [0.29, 0.717) is 17.4 Å². The van der Waals surface area contributed by atoms with Crippen molar-refractivity contribution in [3.05, 3.63) is 6.20 Å². The van der Waals surface area contributed by atoms with E-state index in [1.165, 1.54) is 0 Å². The highest BCUT2D eigenvalue weighted by atomic mass is 16.2. The number of carbonyl (C=O) groups is 1. The van der Waals surface area contributed by atoms with Gasteiger partial charge in [0.25, 0.3) is 0 Å². The standard InChI is InChI=1S/C11H15N7O/c1-12-11-15-8(6-5-13-17-9(6)16-11)14-7-3-4-18(2)10(7)19/h5,7H,3-4H2,1-2H3,(H3,12,13,14,15,16,17). The smallest absolute Gasteiger partial charge is 0.244 e. The molecule has 0 saturated carbocycles. The summed E-state index contributed by atoms with van der Waals surface area (Å²) < 4.78 is 0. The van der Waals surface area contributed by atoms with E-state index in [-0.39, 0.29) is 11.9 Å². The highest BCUT2D eigenvalue weighted by molar-refractivity contribution is 5.91. The third-order valence-electron chi connectivity index (χ3n) is 3.27. The molecule has 1 atom stereocenters. The van der Waals surface area contributed by atoms with Crippen LogP contribution in [0.1, 0.15) is 6.42 Å². The van der Waals surface area contributed by atoms with E-state index in [4.69, 9.17) is 0 Å². The van der Waals surface area contributed by atoms with Gasteiger partial charge in [0.15, 0.2) is 5.65 Å². The van der Waals surface area contributed by atoms with Crippen LogP contribution in [0, 0.1) is 0 Å². The quantitative estimate of drug-likeness (QED) is 0.721. The van der Waals surface area contributed by atoms with Gasteiger partial charge >= 0.3 is 0 Å². The molecule has 2 aromatic rings. The molecule has 8 nitrogen and oxygen atoms in total. The molecule has 0 spiro atoms. The van der Waals surface area contributed by atoms with Gasteiger partial charge in [-0.25, -0.2) is 0 Å². The highest BCUT2D eigenvalue weighted by Gasteiger charge is 2.29. The summed E-state index contributed by atoms with van der Waals surface area (Å²) in [5, 5.41) is 13.6. The van der Waals surface area contributed by atoms with Gasteiger partial charge in [0.05, 0.1) is 11.6 Å². The van der Waals surface area contributed by atoms with Gasteiger partial charge in [0.1, 0.15) is 11.9 Å². The molecule has 1 fully saturated rings. The lowest BCUT2D eigenvalue weighted by Crippen LogP contribution is -2.31. The van der Waals surface area contributed by atoms with Crippen molar-refractivity contribution < 1.29 is 4.79 Å². The maximum atomic E-state index is 11.9. The third kappa shape index (κ3) is 1.94. The Balaban J connectivity index is 1.95. The summed E-state index contributed by atoms with van der Waals surface area (Å²) >= 11 is 0. The average Bonchev–Trinajstić information content (AvgIpc) is 3.00. The van der Waals surface area contributed by atoms with Crippen LogP contribution in [0.15, 0.2) is 6.20 Å². The van der Waals surface area contributed by atoms with E-state index in [0.717, 1.165) is 18.4 Å². The second kappa shape index (κ2) is 4.38. The molecule has 0 aromatic carbocycles. The molecule has 2 aromatic heterocycles. The molecule has 0 aliphatic carbocycles. The maximum Gasteiger partial charge on any atom is 0.244 e. The molecule has 100 valence electrons. The van der Waals surface area contributed by atoms with Crippen LogP contribution in [-0.2, 0) is 4.79 Å². The lowest BCUT2D eigenvalue weighted by molar-refractivity contribution is -0.127. The van der Waals surface area contributed by atoms with Crippen LogP contribution in [-0.4, -0.2) is 57.7 Å². The van der Waals surface area contributed by atoms with Crippen LogP contribution in [0.25, 0.3) is 11.0 Å². The van der Waals surface area contributed by atoms with Crippen molar-refractivity contribution in [3.8, 4) is 0 Å². The number of nitrogens with one attached hydrogen (secondary N) is 3. The van der Waals surface area contributed by atoms with Crippen molar-refractivity contribution in [3.63, 3.8) is 0 Å². The van der Waals surface area contributed by atoms with Crippen LogP contribution >= 0.6 is 0 Å². The van der Waals surface area contributed by atoms with Gasteiger partial charge in [0.2, 0.25) is 11.9 Å². The number of aromatic nitrogens is 4.